The second-order valence-corrected chi connectivity index (χ2v) is 7.34. The summed E-state index contributed by atoms with van der Waals surface area (Å²) in [5, 5.41) is 10.4. The van der Waals surface area contributed by atoms with Crippen molar-refractivity contribution < 1.29 is 24.2 Å². The van der Waals surface area contributed by atoms with Crippen LogP contribution in [0.15, 0.2) is 12.1 Å². The Morgan fingerprint density at radius 1 is 1.25 bits per heavy atom. The quantitative estimate of drug-likeness (QED) is 0.705. The van der Waals surface area contributed by atoms with E-state index in [1.165, 1.54) is 9.80 Å². The molecule has 0 spiro atoms. The highest BCUT2D eigenvalue weighted by Crippen LogP contribution is 2.26. The fraction of sp³-hybridized carbons (Fsp3) is 0.526. The van der Waals surface area contributed by atoms with Crippen LogP contribution in [0, 0.1) is 20.8 Å². The van der Waals surface area contributed by atoms with Crippen LogP contribution in [0.3, 0.4) is 0 Å². The van der Waals surface area contributed by atoms with Crippen molar-refractivity contribution in [2.45, 2.75) is 32.9 Å². The van der Waals surface area contributed by atoms with Crippen molar-refractivity contribution in [2.75, 3.05) is 32.8 Å². The van der Waals surface area contributed by atoms with Crippen LogP contribution in [0.4, 0.5) is 9.59 Å². The van der Waals surface area contributed by atoms with Gasteiger partial charge in [-0.2, -0.15) is 0 Å². The van der Waals surface area contributed by atoms with E-state index < -0.39 is 30.1 Å². The molecule has 2 aliphatic rings. The van der Waals surface area contributed by atoms with Crippen molar-refractivity contribution >= 4 is 18.0 Å². The number of aliphatic hydroxyl groups is 1. The molecule has 0 aromatic heterocycles. The SMILES string of the molecule is Cc1ccc(C)c(OC[C@H](O)CN2C(=O)[C@H]3CN(C(N)=O)CCN3C2=O)c1C. The summed E-state index contributed by atoms with van der Waals surface area (Å²) in [5.74, 6) is 0.269. The van der Waals surface area contributed by atoms with E-state index in [1.54, 1.807) is 0 Å². The number of imide groups is 1. The molecule has 9 heteroatoms. The normalized spacial score (nSPS) is 20.4. The standard InChI is InChI=1S/C19H26N4O5/c1-11-4-5-12(2)16(13(11)3)28-10-14(24)8-23-17(25)15-9-21(18(20)26)6-7-22(15)19(23)27/h4-5,14-15,24H,6-10H2,1-3H3,(H2,20,26)/t14-,15-/m1/s1. The molecule has 2 fully saturated rings. The van der Waals surface area contributed by atoms with Gasteiger partial charge in [-0.1, -0.05) is 12.1 Å². The van der Waals surface area contributed by atoms with Crippen molar-refractivity contribution in [3.05, 3.63) is 28.8 Å². The lowest BCUT2D eigenvalue weighted by atomic mass is 10.1. The van der Waals surface area contributed by atoms with Crippen LogP contribution in [-0.2, 0) is 4.79 Å². The number of ether oxygens (including phenoxy) is 1. The molecular formula is C19H26N4O5. The number of aliphatic hydroxyl groups excluding tert-OH is 1. The zero-order chi connectivity index (χ0) is 20.6. The molecule has 2 aliphatic heterocycles. The molecule has 0 radical (unpaired) electrons. The first-order chi connectivity index (χ1) is 13.2. The number of primary amides is 1. The fourth-order valence-electron chi connectivity index (χ4n) is 3.61. The number of urea groups is 2. The van der Waals surface area contributed by atoms with Gasteiger partial charge in [-0.15, -0.1) is 0 Å². The summed E-state index contributed by atoms with van der Waals surface area (Å²) in [5.41, 5.74) is 8.30. The lowest BCUT2D eigenvalue weighted by molar-refractivity contribution is -0.130. The third-order valence-electron chi connectivity index (χ3n) is 5.41. The van der Waals surface area contributed by atoms with Crippen LogP contribution in [-0.4, -0.2) is 82.7 Å². The van der Waals surface area contributed by atoms with Crippen LogP contribution in [0.25, 0.3) is 0 Å². The number of hydrogen-bond acceptors (Lipinski definition) is 5. The van der Waals surface area contributed by atoms with Gasteiger partial charge in [-0.05, 0) is 37.5 Å². The highest BCUT2D eigenvalue weighted by molar-refractivity contribution is 6.04. The number of hydrogen-bond donors (Lipinski definition) is 2. The van der Waals surface area contributed by atoms with E-state index in [0.717, 1.165) is 21.6 Å². The first-order valence-electron chi connectivity index (χ1n) is 9.24. The molecular weight excluding hydrogens is 364 g/mol. The second-order valence-electron chi connectivity index (χ2n) is 7.34. The highest BCUT2D eigenvalue weighted by atomic mass is 16.5. The molecule has 9 nitrogen and oxygen atoms in total. The minimum atomic E-state index is -1.03. The highest BCUT2D eigenvalue weighted by Gasteiger charge is 2.48. The minimum Gasteiger partial charge on any atom is -0.490 e. The number of rotatable bonds is 5. The van der Waals surface area contributed by atoms with Crippen molar-refractivity contribution in [1.29, 1.82) is 0 Å². The largest absolute Gasteiger partial charge is 0.490 e. The van der Waals surface area contributed by atoms with E-state index in [9.17, 15) is 19.5 Å². The molecule has 1 aromatic rings. The van der Waals surface area contributed by atoms with E-state index in [1.807, 2.05) is 32.9 Å². The van der Waals surface area contributed by atoms with Gasteiger partial charge in [0.2, 0.25) is 0 Å². The summed E-state index contributed by atoms with van der Waals surface area (Å²) in [6, 6.07) is 2.13. The van der Waals surface area contributed by atoms with Crippen LogP contribution < -0.4 is 10.5 Å². The Hall–Kier alpha value is -2.81. The number of amides is 5. The predicted molar refractivity (Wildman–Crippen MR) is 101 cm³/mol. The Labute approximate surface area is 163 Å². The van der Waals surface area contributed by atoms with Gasteiger partial charge in [0.1, 0.15) is 24.5 Å². The molecule has 5 amide bonds. The molecule has 3 N–H and O–H groups in total. The molecule has 2 atom stereocenters. The molecule has 0 saturated carbocycles. The average Bonchev–Trinajstić information content (AvgIpc) is 2.89. The lowest BCUT2D eigenvalue weighted by Gasteiger charge is -2.34. The van der Waals surface area contributed by atoms with Gasteiger partial charge in [0, 0.05) is 13.1 Å². The first-order valence-corrected chi connectivity index (χ1v) is 9.24. The number of fused-ring (bicyclic) bond motifs is 1. The van der Waals surface area contributed by atoms with Gasteiger partial charge in [0.25, 0.3) is 5.91 Å². The Bertz CT molecular complexity index is 812. The van der Waals surface area contributed by atoms with Gasteiger partial charge < -0.3 is 25.4 Å². The predicted octanol–water partition coefficient (Wildman–Crippen LogP) is 0.379. The molecule has 0 aliphatic carbocycles. The summed E-state index contributed by atoms with van der Waals surface area (Å²) in [6.45, 7) is 6.24. The first kappa shape index (κ1) is 19.9. The topological polar surface area (TPSA) is 116 Å². The number of nitrogens with two attached hydrogens (primary N) is 1. The van der Waals surface area contributed by atoms with Crippen molar-refractivity contribution in [2.24, 2.45) is 5.73 Å². The molecule has 2 saturated heterocycles. The average molecular weight is 390 g/mol. The molecule has 0 unspecified atom stereocenters. The third kappa shape index (κ3) is 3.62. The number of carbonyl (C=O) groups excluding carboxylic acids is 3. The molecule has 28 heavy (non-hydrogen) atoms. The number of piperazine rings is 1. The van der Waals surface area contributed by atoms with Crippen molar-refractivity contribution in [3.8, 4) is 5.75 Å². The maximum Gasteiger partial charge on any atom is 0.327 e. The Balaban J connectivity index is 1.62. The molecule has 3 rings (SSSR count). The van der Waals surface area contributed by atoms with E-state index >= 15 is 0 Å². The smallest absolute Gasteiger partial charge is 0.327 e. The summed E-state index contributed by atoms with van der Waals surface area (Å²) in [6.07, 6.45) is -1.03. The Morgan fingerprint density at radius 2 is 1.93 bits per heavy atom. The maximum atomic E-state index is 12.6. The number of benzene rings is 1. The van der Waals surface area contributed by atoms with Crippen LogP contribution >= 0.6 is 0 Å². The van der Waals surface area contributed by atoms with Gasteiger partial charge >= 0.3 is 12.1 Å². The van der Waals surface area contributed by atoms with Gasteiger partial charge in [-0.3, -0.25) is 9.69 Å². The summed E-state index contributed by atoms with van der Waals surface area (Å²) in [7, 11) is 0. The van der Waals surface area contributed by atoms with Gasteiger partial charge in [0.05, 0.1) is 13.1 Å². The van der Waals surface area contributed by atoms with E-state index in [-0.39, 0.29) is 32.8 Å². The van der Waals surface area contributed by atoms with Gasteiger partial charge in [-0.25, -0.2) is 9.59 Å². The number of nitrogens with zero attached hydrogens (tertiary/aromatic N) is 3. The minimum absolute atomic E-state index is 0.0414. The number of β-amino-alcohol motifs (C(OH)–C–C–N with tert-alkyl or cyclic N) is 1. The fourth-order valence-corrected chi connectivity index (χ4v) is 3.61. The molecule has 2 heterocycles. The zero-order valence-corrected chi connectivity index (χ0v) is 16.3. The van der Waals surface area contributed by atoms with E-state index in [2.05, 4.69) is 0 Å². The van der Waals surface area contributed by atoms with Crippen molar-refractivity contribution in [3.63, 3.8) is 0 Å². The molecule has 0 bridgehead atoms. The second kappa shape index (κ2) is 7.67. The molecule has 1 aromatic carbocycles. The van der Waals surface area contributed by atoms with E-state index in [4.69, 9.17) is 10.5 Å². The Kier molecular flexibility index (Phi) is 5.46. The molecule has 152 valence electrons. The lowest BCUT2D eigenvalue weighted by Crippen LogP contribution is -2.55. The summed E-state index contributed by atoms with van der Waals surface area (Å²) in [4.78, 5) is 40.3. The van der Waals surface area contributed by atoms with Crippen LogP contribution in [0.1, 0.15) is 16.7 Å². The maximum absolute atomic E-state index is 12.6. The van der Waals surface area contributed by atoms with Crippen molar-refractivity contribution in [1.82, 2.24) is 14.7 Å². The number of carbonyl (C=O) groups is 3. The number of aryl methyl sites for hydroxylation is 2. The van der Waals surface area contributed by atoms with Crippen LogP contribution in [0.5, 0.6) is 5.75 Å². The zero-order valence-electron chi connectivity index (χ0n) is 16.3. The van der Waals surface area contributed by atoms with E-state index in [0.29, 0.717) is 5.75 Å². The summed E-state index contributed by atoms with van der Waals surface area (Å²) >= 11 is 0. The summed E-state index contributed by atoms with van der Waals surface area (Å²) < 4.78 is 5.78. The Morgan fingerprint density at radius 3 is 2.61 bits per heavy atom. The monoisotopic (exact) mass is 390 g/mol. The van der Waals surface area contributed by atoms with Gasteiger partial charge in [0.15, 0.2) is 0 Å². The third-order valence-corrected chi connectivity index (χ3v) is 5.41. The van der Waals surface area contributed by atoms with Crippen LogP contribution in [0.2, 0.25) is 0 Å².